The van der Waals surface area contributed by atoms with Gasteiger partial charge in [0.25, 0.3) is 5.91 Å². The highest BCUT2D eigenvalue weighted by Gasteiger charge is 2.22. The van der Waals surface area contributed by atoms with Crippen LogP contribution in [0.5, 0.6) is 0 Å². The molecule has 27 heavy (non-hydrogen) atoms. The van der Waals surface area contributed by atoms with Gasteiger partial charge < -0.3 is 5.32 Å². The summed E-state index contributed by atoms with van der Waals surface area (Å²) in [5.41, 5.74) is 1.99. The van der Waals surface area contributed by atoms with Crippen molar-refractivity contribution in [2.24, 2.45) is 0 Å². The Hall–Kier alpha value is -2.18. The van der Waals surface area contributed by atoms with Crippen LogP contribution in [0.15, 0.2) is 53.4 Å². The lowest BCUT2D eigenvalue weighted by Gasteiger charge is -2.16. The van der Waals surface area contributed by atoms with Gasteiger partial charge in [0.2, 0.25) is 10.0 Å². The lowest BCUT2D eigenvalue weighted by molar-refractivity contribution is 0.102. The third-order valence-corrected chi connectivity index (χ3v) is 6.49. The van der Waals surface area contributed by atoms with E-state index >= 15 is 0 Å². The Kier molecular flexibility index (Phi) is 6.29. The molecule has 3 rings (SSSR count). The molecule has 2 aromatic rings. The molecule has 0 aliphatic heterocycles. The van der Waals surface area contributed by atoms with E-state index in [1.165, 1.54) is 12.1 Å². The Balaban J connectivity index is 1.75. The van der Waals surface area contributed by atoms with Crippen molar-refractivity contribution in [1.82, 2.24) is 4.72 Å². The number of para-hydroxylation sites is 1. The summed E-state index contributed by atoms with van der Waals surface area (Å²) < 4.78 is 28.3. The first-order valence-corrected chi connectivity index (χ1v) is 10.9. The van der Waals surface area contributed by atoms with Gasteiger partial charge in [-0.15, -0.1) is 0 Å². The second-order valence-electron chi connectivity index (χ2n) is 7.11. The molecule has 0 atom stereocenters. The Morgan fingerprint density at radius 1 is 0.963 bits per heavy atom. The second-order valence-corrected chi connectivity index (χ2v) is 8.82. The Morgan fingerprint density at radius 3 is 2.37 bits per heavy atom. The molecule has 1 saturated carbocycles. The zero-order valence-electron chi connectivity index (χ0n) is 15.6. The molecule has 1 amide bonds. The van der Waals surface area contributed by atoms with Gasteiger partial charge in [0.05, 0.1) is 4.90 Å². The summed E-state index contributed by atoms with van der Waals surface area (Å²) in [6, 6.07) is 13.6. The van der Waals surface area contributed by atoms with Crippen molar-refractivity contribution in [3.63, 3.8) is 0 Å². The SMILES string of the molecule is Cc1ccccc1NC(=O)c1cccc(S(=O)(=O)NC2CCCCCC2)c1. The summed E-state index contributed by atoms with van der Waals surface area (Å²) in [6.45, 7) is 1.91. The number of carbonyl (C=O) groups is 1. The highest BCUT2D eigenvalue weighted by atomic mass is 32.2. The third kappa shape index (κ3) is 5.17. The first kappa shape index (κ1) is 19.6. The Labute approximate surface area is 161 Å². The van der Waals surface area contributed by atoms with Gasteiger partial charge in [-0.1, -0.05) is 49.9 Å². The fourth-order valence-corrected chi connectivity index (χ4v) is 4.75. The minimum Gasteiger partial charge on any atom is -0.322 e. The fourth-order valence-electron chi connectivity index (χ4n) is 3.40. The minimum absolute atomic E-state index is 0.0260. The molecule has 0 heterocycles. The monoisotopic (exact) mass is 386 g/mol. The number of rotatable bonds is 5. The number of amides is 1. The number of carbonyl (C=O) groups excluding carboxylic acids is 1. The van der Waals surface area contributed by atoms with E-state index in [4.69, 9.17) is 0 Å². The van der Waals surface area contributed by atoms with Crippen LogP contribution in [0.3, 0.4) is 0 Å². The molecule has 6 heteroatoms. The van der Waals surface area contributed by atoms with E-state index in [9.17, 15) is 13.2 Å². The molecule has 5 nitrogen and oxygen atoms in total. The lowest BCUT2D eigenvalue weighted by atomic mass is 10.1. The number of hydrogen-bond acceptors (Lipinski definition) is 3. The van der Waals surface area contributed by atoms with E-state index in [1.54, 1.807) is 12.1 Å². The number of sulfonamides is 1. The quantitative estimate of drug-likeness (QED) is 0.755. The smallest absolute Gasteiger partial charge is 0.255 e. The summed E-state index contributed by atoms with van der Waals surface area (Å²) in [5, 5.41) is 2.84. The zero-order chi connectivity index (χ0) is 19.3. The average molecular weight is 387 g/mol. The normalized spacial score (nSPS) is 15.9. The van der Waals surface area contributed by atoms with Crippen LogP contribution in [-0.2, 0) is 10.0 Å². The van der Waals surface area contributed by atoms with E-state index in [0.717, 1.165) is 44.1 Å². The topological polar surface area (TPSA) is 75.3 Å². The van der Waals surface area contributed by atoms with Crippen LogP contribution in [0, 0.1) is 6.92 Å². The maximum Gasteiger partial charge on any atom is 0.255 e. The van der Waals surface area contributed by atoms with Gasteiger partial charge in [0, 0.05) is 17.3 Å². The number of aryl methyl sites for hydroxylation is 1. The molecule has 144 valence electrons. The molecular weight excluding hydrogens is 360 g/mol. The largest absolute Gasteiger partial charge is 0.322 e. The van der Waals surface area contributed by atoms with Gasteiger partial charge in [0.1, 0.15) is 0 Å². The fraction of sp³-hybridized carbons (Fsp3) is 0.381. The number of hydrogen-bond donors (Lipinski definition) is 2. The summed E-state index contributed by atoms with van der Waals surface area (Å²) in [7, 11) is -3.64. The van der Waals surface area contributed by atoms with Gasteiger partial charge in [-0.25, -0.2) is 13.1 Å². The van der Waals surface area contributed by atoms with Crippen molar-refractivity contribution >= 4 is 21.6 Å². The average Bonchev–Trinajstić information content (AvgIpc) is 2.92. The van der Waals surface area contributed by atoms with Crippen molar-refractivity contribution in [3.05, 3.63) is 59.7 Å². The molecular formula is C21H26N2O3S. The molecule has 1 aliphatic rings. The Bertz CT molecular complexity index is 901. The lowest BCUT2D eigenvalue weighted by Crippen LogP contribution is -2.34. The predicted molar refractivity (Wildman–Crippen MR) is 107 cm³/mol. The van der Waals surface area contributed by atoms with Crippen LogP contribution in [0.2, 0.25) is 0 Å². The van der Waals surface area contributed by atoms with Crippen molar-refractivity contribution in [2.45, 2.75) is 56.4 Å². The Morgan fingerprint density at radius 2 is 1.67 bits per heavy atom. The highest BCUT2D eigenvalue weighted by molar-refractivity contribution is 7.89. The molecule has 0 aromatic heterocycles. The first-order valence-electron chi connectivity index (χ1n) is 9.45. The summed E-state index contributed by atoms with van der Waals surface area (Å²) in [4.78, 5) is 12.7. The molecule has 2 N–H and O–H groups in total. The van der Waals surface area contributed by atoms with Gasteiger partial charge in [-0.3, -0.25) is 4.79 Å². The van der Waals surface area contributed by atoms with Gasteiger partial charge in [0.15, 0.2) is 0 Å². The van der Waals surface area contributed by atoms with Gasteiger partial charge in [-0.2, -0.15) is 0 Å². The van der Waals surface area contributed by atoms with Crippen LogP contribution in [0.25, 0.3) is 0 Å². The standard InChI is InChI=1S/C21H26N2O3S/c1-16-9-6-7-14-20(16)22-21(24)17-10-8-13-19(15-17)27(25,26)23-18-11-4-2-3-5-12-18/h6-10,13-15,18,23H,2-5,11-12H2,1H3,(H,22,24). The van der Waals surface area contributed by atoms with E-state index in [2.05, 4.69) is 10.0 Å². The molecule has 0 bridgehead atoms. The van der Waals surface area contributed by atoms with E-state index in [0.29, 0.717) is 11.3 Å². The molecule has 2 aromatic carbocycles. The van der Waals surface area contributed by atoms with Gasteiger partial charge >= 0.3 is 0 Å². The van der Waals surface area contributed by atoms with E-state index < -0.39 is 10.0 Å². The molecule has 0 spiro atoms. The first-order chi connectivity index (χ1) is 13.0. The van der Waals surface area contributed by atoms with Crippen LogP contribution in [-0.4, -0.2) is 20.4 Å². The third-order valence-electron chi connectivity index (χ3n) is 4.98. The number of anilines is 1. The molecule has 1 aliphatic carbocycles. The van der Waals surface area contributed by atoms with Crippen LogP contribution >= 0.6 is 0 Å². The molecule has 0 saturated heterocycles. The number of nitrogens with one attached hydrogen (secondary N) is 2. The van der Waals surface area contributed by atoms with Gasteiger partial charge in [-0.05, 0) is 49.6 Å². The van der Waals surface area contributed by atoms with Crippen LogP contribution < -0.4 is 10.0 Å². The van der Waals surface area contributed by atoms with Crippen molar-refractivity contribution in [3.8, 4) is 0 Å². The van der Waals surface area contributed by atoms with E-state index in [1.807, 2.05) is 31.2 Å². The van der Waals surface area contributed by atoms with Crippen LogP contribution in [0.1, 0.15) is 54.4 Å². The summed E-state index contributed by atoms with van der Waals surface area (Å²) in [5.74, 6) is -0.323. The van der Waals surface area contributed by atoms with Crippen LogP contribution in [0.4, 0.5) is 5.69 Å². The zero-order valence-corrected chi connectivity index (χ0v) is 16.4. The number of benzene rings is 2. The predicted octanol–water partition coefficient (Wildman–Crippen LogP) is 4.25. The molecule has 0 unspecified atom stereocenters. The second kappa shape index (κ2) is 8.67. The maximum atomic E-state index is 12.8. The highest BCUT2D eigenvalue weighted by Crippen LogP contribution is 2.21. The summed E-state index contributed by atoms with van der Waals surface area (Å²) >= 11 is 0. The van der Waals surface area contributed by atoms with Crippen molar-refractivity contribution < 1.29 is 13.2 Å². The van der Waals surface area contributed by atoms with Crippen molar-refractivity contribution in [1.29, 1.82) is 0 Å². The molecule has 1 fully saturated rings. The maximum absolute atomic E-state index is 12.8. The van der Waals surface area contributed by atoms with E-state index in [-0.39, 0.29) is 16.8 Å². The van der Waals surface area contributed by atoms with Crippen molar-refractivity contribution in [2.75, 3.05) is 5.32 Å². The molecule has 0 radical (unpaired) electrons. The summed E-state index contributed by atoms with van der Waals surface area (Å²) in [6.07, 6.45) is 6.15. The minimum atomic E-state index is -3.64.